The number of amides is 2. The van der Waals surface area contributed by atoms with Crippen molar-refractivity contribution in [3.63, 3.8) is 0 Å². The van der Waals surface area contributed by atoms with Gasteiger partial charge in [0, 0.05) is 5.54 Å². The lowest BCUT2D eigenvalue weighted by Crippen LogP contribution is -2.50. The second-order valence-corrected chi connectivity index (χ2v) is 4.98. The van der Waals surface area contributed by atoms with Gasteiger partial charge in [0.05, 0.1) is 12.5 Å². The minimum absolute atomic E-state index is 0.156. The summed E-state index contributed by atoms with van der Waals surface area (Å²) in [6, 6.07) is -0.506. The van der Waals surface area contributed by atoms with Gasteiger partial charge in [-0.05, 0) is 20.8 Å². The van der Waals surface area contributed by atoms with Crippen molar-refractivity contribution in [2.75, 3.05) is 13.2 Å². The molecule has 94 valence electrons. The van der Waals surface area contributed by atoms with E-state index in [1.165, 1.54) is 4.90 Å². The predicted octanol–water partition coefficient (Wildman–Crippen LogP) is 1.36. The van der Waals surface area contributed by atoms with Crippen molar-refractivity contribution in [1.29, 1.82) is 0 Å². The molecule has 2 N–H and O–H groups in total. The molecule has 0 rings (SSSR count). The first-order valence-electron chi connectivity index (χ1n) is 5.40. The van der Waals surface area contributed by atoms with Crippen LogP contribution in [-0.2, 0) is 9.53 Å². The lowest BCUT2D eigenvalue weighted by atomic mass is 10.1. The molecular weight excluding hydrogens is 208 g/mol. The number of carbonyl (C=O) groups is 2. The summed E-state index contributed by atoms with van der Waals surface area (Å²) in [6.07, 6.45) is 0. The third kappa shape index (κ3) is 5.00. The van der Waals surface area contributed by atoms with Crippen molar-refractivity contribution in [1.82, 2.24) is 4.90 Å². The van der Waals surface area contributed by atoms with E-state index in [1.54, 1.807) is 13.8 Å². The number of ether oxygens (including phenoxy) is 1. The molecular formula is C11H22N2O3. The Morgan fingerprint density at radius 3 is 2.12 bits per heavy atom. The zero-order valence-corrected chi connectivity index (χ0v) is 10.7. The molecule has 0 unspecified atom stereocenters. The molecule has 0 aromatic heterocycles. The summed E-state index contributed by atoms with van der Waals surface area (Å²) >= 11 is 0. The molecule has 0 aromatic carbocycles. The maximum absolute atomic E-state index is 11.2. The molecule has 0 spiro atoms. The quantitative estimate of drug-likeness (QED) is 0.741. The van der Waals surface area contributed by atoms with Crippen molar-refractivity contribution in [3.8, 4) is 0 Å². The van der Waals surface area contributed by atoms with Gasteiger partial charge in [0.1, 0.15) is 6.61 Å². The first-order valence-corrected chi connectivity index (χ1v) is 5.40. The maximum Gasteiger partial charge on any atom is 0.315 e. The van der Waals surface area contributed by atoms with E-state index < -0.39 is 6.03 Å². The van der Waals surface area contributed by atoms with Crippen LogP contribution in [-0.4, -0.2) is 35.6 Å². The molecule has 0 bridgehead atoms. The zero-order valence-electron chi connectivity index (χ0n) is 10.7. The summed E-state index contributed by atoms with van der Waals surface area (Å²) < 4.78 is 4.99. The largest absolute Gasteiger partial charge is 0.464 e. The fourth-order valence-corrected chi connectivity index (χ4v) is 1.18. The molecule has 0 aliphatic rings. The second-order valence-electron chi connectivity index (χ2n) is 4.98. The molecule has 5 nitrogen and oxygen atoms in total. The molecule has 0 atom stereocenters. The van der Waals surface area contributed by atoms with Crippen LogP contribution in [0.25, 0.3) is 0 Å². The molecule has 2 amide bonds. The van der Waals surface area contributed by atoms with E-state index in [-0.39, 0.29) is 24.0 Å². The molecule has 0 saturated carbocycles. The first-order chi connectivity index (χ1) is 7.16. The van der Waals surface area contributed by atoms with Crippen molar-refractivity contribution in [2.24, 2.45) is 11.7 Å². The second kappa shape index (κ2) is 5.72. The van der Waals surface area contributed by atoms with Gasteiger partial charge in [0.2, 0.25) is 0 Å². The molecule has 0 radical (unpaired) electrons. The predicted molar refractivity (Wildman–Crippen MR) is 61.8 cm³/mol. The number of hydrogen-bond acceptors (Lipinski definition) is 3. The Labute approximate surface area is 96.9 Å². The van der Waals surface area contributed by atoms with Gasteiger partial charge in [-0.25, -0.2) is 4.79 Å². The highest BCUT2D eigenvalue weighted by molar-refractivity contribution is 5.73. The third-order valence-electron chi connectivity index (χ3n) is 2.11. The Morgan fingerprint density at radius 1 is 1.31 bits per heavy atom. The summed E-state index contributed by atoms with van der Waals surface area (Å²) in [5.74, 6) is -0.421. The van der Waals surface area contributed by atoms with Crippen LogP contribution in [0.2, 0.25) is 0 Å². The molecule has 0 fully saturated rings. The molecule has 5 heteroatoms. The molecule has 0 saturated heterocycles. The third-order valence-corrected chi connectivity index (χ3v) is 2.11. The fourth-order valence-electron chi connectivity index (χ4n) is 1.18. The minimum Gasteiger partial charge on any atom is -0.464 e. The molecule has 0 aliphatic carbocycles. The minimum atomic E-state index is -0.506. The summed E-state index contributed by atoms with van der Waals surface area (Å²) in [5.41, 5.74) is 4.88. The van der Waals surface area contributed by atoms with Crippen LogP contribution in [0.4, 0.5) is 4.79 Å². The smallest absolute Gasteiger partial charge is 0.315 e. The van der Waals surface area contributed by atoms with E-state index in [2.05, 4.69) is 0 Å². The monoisotopic (exact) mass is 230 g/mol. The van der Waals surface area contributed by atoms with Crippen LogP contribution < -0.4 is 5.73 Å². The number of nitrogens with zero attached hydrogens (tertiary/aromatic N) is 1. The van der Waals surface area contributed by atoms with E-state index in [0.717, 1.165) is 0 Å². The Balaban J connectivity index is 4.16. The van der Waals surface area contributed by atoms with E-state index >= 15 is 0 Å². The van der Waals surface area contributed by atoms with Gasteiger partial charge in [-0.3, -0.25) is 4.79 Å². The molecule has 0 aromatic rings. The summed E-state index contributed by atoms with van der Waals surface area (Å²) in [4.78, 5) is 23.8. The molecule has 16 heavy (non-hydrogen) atoms. The number of carbonyl (C=O) groups excluding carboxylic acids is 2. The highest BCUT2D eigenvalue weighted by atomic mass is 16.5. The van der Waals surface area contributed by atoms with Crippen LogP contribution in [0.15, 0.2) is 0 Å². The summed E-state index contributed by atoms with van der Waals surface area (Å²) in [6.45, 7) is 9.65. The normalized spacial score (nSPS) is 11.4. The topological polar surface area (TPSA) is 72.6 Å². The van der Waals surface area contributed by atoms with Crippen molar-refractivity contribution in [3.05, 3.63) is 0 Å². The van der Waals surface area contributed by atoms with Crippen LogP contribution in [0.5, 0.6) is 0 Å². The Bertz CT molecular complexity index is 256. The highest BCUT2D eigenvalue weighted by Crippen LogP contribution is 2.12. The van der Waals surface area contributed by atoms with Crippen LogP contribution in [0.1, 0.15) is 34.6 Å². The van der Waals surface area contributed by atoms with Gasteiger partial charge >= 0.3 is 12.0 Å². The summed E-state index contributed by atoms with van der Waals surface area (Å²) in [7, 11) is 0. The van der Waals surface area contributed by atoms with Crippen molar-refractivity contribution in [2.45, 2.75) is 40.2 Å². The lowest BCUT2D eigenvalue weighted by Gasteiger charge is -2.33. The first kappa shape index (κ1) is 14.7. The SMILES string of the molecule is CC(C)C(=O)OCCN(C(N)=O)C(C)(C)C. The van der Waals surface area contributed by atoms with Gasteiger partial charge in [-0.2, -0.15) is 0 Å². The number of rotatable bonds is 4. The highest BCUT2D eigenvalue weighted by Gasteiger charge is 2.24. The van der Waals surface area contributed by atoms with Gasteiger partial charge in [-0.15, -0.1) is 0 Å². The van der Waals surface area contributed by atoms with Crippen molar-refractivity contribution >= 4 is 12.0 Å². The maximum atomic E-state index is 11.2. The molecule has 0 aliphatic heterocycles. The van der Waals surface area contributed by atoms with Crippen molar-refractivity contribution < 1.29 is 14.3 Å². The van der Waals surface area contributed by atoms with Crippen LogP contribution in [0.3, 0.4) is 0 Å². The Morgan fingerprint density at radius 2 is 1.81 bits per heavy atom. The van der Waals surface area contributed by atoms with Crippen LogP contribution >= 0.6 is 0 Å². The zero-order chi connectivity index (χ0) is 12.9. The van der Waals surface area contributed by atoms with E-state index in [0.29, 0.717) is 6.54 Å². The number of esters is 1. The number of nitrogens with two attached hydrogens (primary N) is 1. The summed E-state index contributed by atoms with van der Waals surface area (Å²) in [5, 5.41) is 0. The number of primary amides is 1. The lowest BCUT2D eigenvalue weighted by molar-refractivity contribution is -0.147. The standard InChI is InChI=1S/C11H22N2O3/c1-8(2)9(14)16-7-6-13(10(12)15)11(3,4)5/h8H,6-7H2,1-5H3,(H2,12,15). The Hall–Kier alpha value is -1.26. The van der Waals surface area contributed by atoms with Gasteiger partial charge < -0.3 is 15.4 Å². The Kier molecular flexibility index (Phi) is 5.27. The van der Waals surface area contributed by atoms with E-state index in [1.807, 2.05) is 20.8 Å². The average molecular weight is 230 g/mol. The number of urea groups is 1. The van der Waals surface area contributed by atoms with Gasteiger partial charge in [-0.1, -0.05) is 13.8 Å². The fraction of sp³-hybridized carbons (Fsp3) is 0.818. The van der Waals surface area contributed by atoms with Gasteiger partial charge in [0.25, 0.3) is 0 Å². The van der Waals surface area contributed by atoms with E-state index in [4.69, 9.17) is 10.5 Å². The molecule has 0 heterocycles. The van der Waals surface area contributed by atoms with Crippen LogP contribution in [0, 0.1) is 5.92 Å². The van der Waals surface area contributed by atoms with Gasteiger partial charge in [0.15, 0.2) is 0 Å². The number of hydrogen-bond donors (Lipinski definition) is 1. The average Bonchev–Trinajstić information content (AvgIpc) is 2.08. The van der Waals surface area contributed by atoms with E-state index in [9.17, 15) is 9.59 Å².